The standard InChI is InChI=1S/C13H17N5O/c1-13(2,14)9-12(19)16-10-5-3-4-6-11(10)18-8-7-15-17-18/h3-8H,9,14H2,1-2H3,(H,16,19). The molecule has 1 aromatic carbocycles. The molecule has 3 N–H and O–H groups in total. The number of para-hydroxylation sites is 2. The predicted molar refractivity (Wildman–Crippen MR) is 72.9 cm³/mol. The maximum Gasteiger partial charge on any atom is 0.226 e. The first-order chi connectivity index (χ1) is 8.96. The fourth-order valence-corrected chi connectivity index (χ4v) is 1.72. The van der Waals surface area contributed by atoms with Gasteiger partial charge in [-0.25, -0.2) is 4.68 Å². The Morgan fingerprint density at radius 2 is 2.16 bits per heavy atom. The molecule has 0 aliphatic heterocycles. The van der Waals surface area contributed by atoms with Crippen molar-refractivity contribution in [2.75, 3.05) is 5.32 Å². The van der Waals surface area contributed by atoms with Crippen molar-refractivity contribution in [2.24, 2.45) is 5.73 Å². The molecule has 1 heterocycles. The highest BCUT2D eigenvalue weighted by Gasteiger charge is 2.17. The SMILES string of the molecule is CC(C)(N)CC(=O)Nc1ccccc1-n1ccnn1. The number of anilines is 1. The van der Waals surface area contributed by atoms with Crippen molar-refractivity contribution < 1.29 is 4.79 Å². The first-order valence-electron chi connectivity index (χ1n) is 6.00. The van der Waals surface area contributed by atoms with Gasteiger partial charge in [0.15, 0.2) is 0 Å². The molecular weight excluding hydrogens is 242 g/mol. The van der Waals surface area contributed by atoms with Crippen LogP contribution in [0.1, 0.15) is 20.3 Å². The summed E-state index contributed by atoms with van der Waals surface area (Å²) in [6, 6.07) is 7.40. The molecule has 0 saturated carbocycles. The maximum absolute atomic E-state index is 11.9. The third-order valence-corrected chi connectivity index (χ3v) is 2.46. The van der Waals surface area contributed by atoms with Gasteiger partial charge in [-0.1, -0.05) is 17.3 Å². The lowest BCUT2D eigenvalue weighted by Crippen LogP contribution is -2.36. The van der Waals surface area contributed by atoms with Crippen molar-refractivity contribution in [3.05, 3.63) is 36.7 Å². The quantitative estimate of drug-likeness (QED) is 0.867. The van der Waals surface area contributed by atoms with Gasteiger partial charge in [-0.05, 0) is 26.0 Å². The fraction of sp³-hybridized carbons (Fsp3) is 0.308. The summed E-state index contributed by atoms with van der Waals surface area (Å²) in [4.78, 5) is 11.9. The molecule has 6 nitrogen and oxygen atoms in total. The van der Waals surface area contributed by atoms with E-state index in [2.05, 4.69) is 15.6 Å². The molecule has 0 fully saturated rings. The van der Waals surface area contributed by atoms with E-state index in [9.17, 15) is 4.79 Å². The largest absolute Gasteiger partial charge is 0.325 e. The van der Waals surface area contributed by atoms with Crippen LogP contribution in [-0.4, -0.2) is 26.4 Å². The van der Waals surface area contributed by atoms with Gasteiger partial charge in [0.1, 0.15) is 0 Å². The lowest BCUT2D eigenvalue weighted by Gasteiger charge is -2.18. The Morgan fingerprint density at radius 1 is 1.42 bits per heavy atom. The van der Waals surface area contributed by atoms with Crippen molar-refractivity contribution in [3.63, 3.8) is 0 Å². The normalized spacial score (nSPS) is 11.3. The van der Waals surface area contributed by atoms with Gasteiger partial charge in [-0.2, -0.15) is 0 Å². The van der Waals surface area contributed by atoms with Gasteiger partial charge in [0.2, 0.25) is 5.91 Å². The molecule has 2 rings (SSSR count). The Hall–Kier alpha value is -2.21. The van der Waals surface area contributed by atoms with Gasteiger partial charge in [0.05, 0.1) is 23.8 Å². The lowest BCUT2D eigenvalue weighted by molar-refractivity contribution is -0.117. The van der Waals surface area contributed by atoms with E-state index >= 15 is 0 Å². The zero-order valence-corrected chi connectivity index (χ0v) is 11.0. The predicted octanol–water partition coefficient (Wildman–Crippen LogP) is 1.33. The van der Waals surface area contributed by atoms with E-state index in [0.29, 0.717) is 5.69 Å². The molecule has 0 spiro atoms. The van der Waals surface area contributed by atoms with E-state index in [4.69, 9.17) is 5.73 Å². The van der Waals surface area contributed by atoms with Crippen LogP contribution in [0.2, 0.25) is 0 Å². The number of nitrogens with two attached hydrogens (primary N) is 1. The number of rotatable bonds is 4. The number of hydrogen-bond acceptors (Lipinski definition) is 4. The van der Waals surface area contributed by atoms with Crippen LogP contribution >= 0.6 is 0 Å². The van der Waals surface area contributed by atoms with Crippen molar-refractivity contribution in [2.45, 2.75) is 25.8 Å². The molecule has 1 amide bonds. The number of carbonyl (C=O) groups is 1. The van der Waals surface area contributed by atoms with Gasteiger partial charge in [0.25, 0.3) is 0 Å². The van der Waals surface area contributed by atoms with Gasteiger partial charge in [0, 0.05) is 12.0 Å². The Balaban J connectivity index is 2.20. The first kappa shape index (κ1) is 13.2. The minimum absolute atomic E-state index is 0.125. The highest BCUT2D eigenvalue weighted by atomic mass is 16.1. The van der Waals surface area contributed by atoms with Crippen LogP contribution in [0.25, 0.3) is 5.69 Å². The van der Waals surface area contributed by atoms with Gasteiger partial charge >= 0.3 is 0 Å². The van der Waals surface area contributed by atoms with Crippen LogP contribution in [0.4, 0.5) is 5.69 Å². The van der Waals surface area contributed by atoms with Crippen LogP contribution < -0.4 is 11.1 Å². The Labute approximate surface area is 111 Å². The summed E-state index contributed by atoms with van der Waals surface area (Å²) in [6.45, 7) is 3.63. The van der Waals surface area contributed by atoms with Crippen LogP contribution in [0.15, 0.2) is 36.7 Å². The van der Waals surface area contributed by atoms with E-state index in [-0.39, 0.29) is 12.3 Å². The number of hydrogen-bond donors (Lipinski definition) is 2. The highest BCUT2D eigenvalue weighted by molar-refractivity contribution is 5.93. The summed E-state index contributed by atoms with van der Waals surface area (Å²) in [5.74, 6) is -0.125. The van der Waals surface area contributed by atoms with E-state index in [1.165, 1.54) is 0 Å². The van der Waals surface area contributed by atoms with Crippen molar-refractivity contribution >= 4 is 11.6 Å². The molecule has 100 valence electrons. The summed E-state index contributed by atoms with van der Waals surface area (Å²) in [6.07, 6.45) is 3.55. The monoisotopic (exact) mass is 259 g/mol. The van der Waals surface area contributed by atoms with Crippen LogP contribution in [0.5, 0.6) is 0 Å². The van der Waals surface area contributed by atoms with Gasteiger partial charge < -0.3 is 11.1 Å². The molecule has 0 aliphatic carbocycles. The molecule has 0 radical (unpaired) electrons. The number of nitrogens with zero attached hydrogens (tertiary/aromatic N) is 3. The summed E-state index contributed by atoms with van der Waals surface area (Å²) in [5.41, 5.74) is 6.75. The molecule has 19 heavy (non-hydrogen) atoms. The van der Waals surface area contributed by atoms with Gasteiger partial charge in [-0.15, -0.1) is 5.10 Å². The molecule has 1 aromatic heterocycles. The molecule has 0 bridgehead atoms. The summed E-state index contributed by atoms with van der Waals surface area (Å²) in [7, 11) is 0. The average Bonchev–Trinajstić information content (AvgIpc) is 2.80. The van der Waals surface area contributed by atoms with E-state index in [0.717, 1.165) is 5.69 Å². The molecular formula is C13H17N5O. The van der Waals surface area contributed by atoms with Crippen molar-refractivity contribution in [3.8, 4) is 5.69 Å². The lowest BCUT2D eigenvalue weighted by atomic mass is 10.0. The molecule has 0 saturated heterocycles. The Morgan fingerprint density at radius 3 is 2.79 bits per heavy atom. The topological polar surface area (TPSA) is 85.8 Å². The number of benzene rings is 1. The molecule has 6 heteroatoms. The van der Waals surface area contributed by atoms with Crippen molar-refractivity contribution in [1.82, 2.24) is 15.0 Å². The molecule has 2 aromatic rings. The third-order valence-electron chi connectivity index (χ3n) is 2.46. The fourth-order valence-electron chi connectivity index (χ4n) is 1.72. The van der Waals surface area contributed by atoms with E-state index in [1.54, 1.807) is 17.1 Å². The maximum atomic E-state index is 11.9. The summed E-state index contributed by atoms with van der Waals surface area (Å²) < 4.78 is 1.60. The highest BCUT2D eigenvalue weighted by Crippen LogP contribution is 2.19. The Bertz CT molecular complexity index is 557. The minimum Gasteiger partial charge on any atom is -0.325 e. The van der Waals surface area contributed by atoms with Gasteiger partial charge in [-0.3, -0.25) is 4.79 Å². The first-order valence-corrected chi connectivity index (χ1v) is 6.00. The van der Waals surface area contributed by atoms with E-state index < -0.39 is 5.54 Å². The average molecular weight is 259 g/mol. The second-order valence-electron chi connectivity index (χ2n) is 5.08. The zero-order valence-electron chi connectivity index (χ0n) is 11.0. The van der Waals surface area contributed by atoms with E-state index in [1.807, 2.05) is 38.1 Å². The smallest absolute Gasteiger partial charge is 0.226 e. The number of amides is 1. The Kier molecular flexibility index (Phi) is 3.62. The zero-order chi connectivity index (χ0) is 13.9. The van der Waals surface area contributed by atoms with Crippen LogP contribution in [0.3, 0.4) is 0 Å². The van der Waals surface area contributed by atoms with Crippen LogP contribution in [-0.2, 0) is 4.79 Å². The number of nitrogens with one attached hydrogen (secondary N) is 1. The number of carbonyl (C=O) groups excluding carboxylic acids is 1. The molecule has 0 aliphatic rings. The van der Waals surface area contributed by atoms with Crippen molar-refractivity contribution in [1.29, 1.82) is 0 Å². The summed E-state index contributed by atoms with van der Waals surface area (Å²) in [5, 5.41) is 10.5. The number of aromatic nitrogens is 3. The molecule has 0 unspecified atom stereocenters. The second-order valence-corrected chi connectivity index (χ2v) is 5.08. The van der Waals surface area contributed by atoms with Crippen LogP contribution in [0, 0.1) is 0 Å². The minimum atomic E-state index is -0.535. The third kappa shape index (κ3) is 3.62. The second kappa shape index (κ2) is 5.19. The summed E-state index contributed by atoms with van der Waals surface area (Å²) >= 11 is 0. The molecule has 0 atom stereocenters.